The van der Waals surface area contributed by atoms with E-state index in [2.05, 4.69) is 4.98 Å². The van der Waals surface area contributed by atoms with E-state index in [0.717, 1.165) is 16.6 Å². The van der Waals surface area contributed by atoms with Crippen molar-refractivity contribution in [3.63, 3.8) is 0 Å². The SMILES string of the molecule is FC(F)c1cccc(COn2c(-c3ccccc3)nc3ccccc32)c1. The number of alkyl halides is 2. The van der Waals surface area contributed by atoms with Gasteiger partial charge in [-0.3, -0.25) is 0 Å². The number of benzene rings is 3. The highest BCUT2D eigenvalue weighted by molar-refractivity contribution is 5.80. The first-order valence-corrected chi connectivity index (χ1v) is 8.25. The van der Waals surface area contributed by atoms with Crippen molar-refractivity contribution in [3.8, 4) is 11.4 Å². The number of aromatic nitrogens is 2. The van der Waals surface area contributed by atoms with Gasteiger partial charge in [0.05, 0.1) is 5.52 Å². The first kappa shape index (κ1) is 16.3. The van der Waals surface area contributed by atoms with Crippen LogP contribution in [0.1, 0.15) is 17.6 Å². The third kappa shape index (κ3) is 3.16. The Morgan fingerprint density at radius 2 is 1.65 bits per heavy atom. The number of fused-ring (bicyclic) bond motifs is 1. The second-order valence-electron chi connectivity index (χ2n) is 5.90. The molecule has 0 amide bonds. The van der Waals surface area contributed by atoms with Crippen LogP contribution in [0.15, 0.2) is 78.9 Å². The Morgan fingerprint density at radius 3 is 2.46 bits per heavy atom. The Kier molecular flexibility index (Phi) is 4.35. The summed E-state index contributed by atoms with van der Waals surface area (Å²) in [5.74, 6) is 0.678. The molecule has 0 aliphatic heterocycles. The predicted octanol–water partition coefficient (Wildman–Crippen LogP) is 5.27. The second kappa shape index (κ2) is 6.96. The van der Waals surface area contributed by atoms with E-state index in [1.165, 1.54) is 12.1 Å². The zero-order chi connectivity index (χ0) is 17.9. The lowest BCUT2D eigenvalue weighted by Gasteiger charge is -2.12. The third-order valence-corrected chi connectivity index (χ3v) is 4.11. The normalized spacial score (nSPS) is 11.2. The van der Waals surface area contributed by atoms with Crippen molar-refractivity contribution in [2.24, 2.45) is 0 Å². The van der Waals surface area contributed by atoms with Gasteiger partial charge in [0, 0.05) is 11.1 Å². The molecular formula is C21H16F2N2O. The molecule has 0 unspecified atom stereocenters. The zero-order valence-corrected chi connectivity index (χ0v) is 13.8. The number of nitrogens with zero attached hydrogens (tertiary/aromatic N) is 2. The van der Waals surface area contributed by atoms with Gasteiger partial charge in [-0.05, 0) is 23.8 Å². The molecule has 0 radical (unpaired) electrons. The van der Waals surface area contributed by atoms with Crippen LogP contribution in [0, 0.1) is 0 Å². The minimum Gasteiger partial charge on any atom is -0.407 e. The van der Waals surface area contributed by atoms with Crippen LogP contribution in [0.2, 0.25) is 0 Å². The molecule has 0 fully saturated rings. The van der Waals surface area contributed by atoms with E-state index in [9.17, 15) is 8.78 Å². The van der Waals surface area contributed by atoms with E-state index in [0.29, 0.717) is 11.4 Å². The molecule has 0 aliphatic rings. The Hall–Kier alpha value is -3.21. The Morgan fingerprint density at radius 1 is 0.885 bits per heavy atom. The van der Waals surface area contributed by atoms with Crippen LogP contribution >= 0.6 is 0 Å². The van der Waals surface area contributed by atoms with Crippen molar-refractivity contribution in [1.82, 2.24) is 9.71 Å². The fraction of sp³-hybridized carbons (Fsp3) is 0.0952. The Bertz CT molecular complexity index is 1030. The molecule has 1 heterocycles. The maximum absolute atomic E-state index is 12.9. The van der Waals surface area contributed by atoms with E-state index >= 15 is 0 Å². The molecule has 0 spiro atoms. The van der Waals surface area contributed by atoms with E-state index in [-0.39, 0.29) is 12.2 Å². The molecule has 26 heavy (non-hydrogen) atoms. The summed E-state index contributed by atoms with van der Waals surface area (Å²) in [4.78, 5) is 10.6. The van der Waals surface area contributed by atoms with Gasteiger partial charge >= 0.3 is 0 Å². The second-order valence-corrected chi connectivity index (χ2v) is 5.90. The Balaban J connectivity index is 1.70. The highest BCUT2D eigenvalue weighted by atomic mass is 19.3. The highest BCUT2D eigenvalue weighted by Crippen LogP contribution is 2.24. The molecular weight excluding hydrogens is 334 g/mol. The standard InChI is InChI=1S/C21H16F2N2O/c22-20(23)17-10-6-7-15(13-17)14-26-25-19-12-5-4-11-18(19)24-21(25)16-8-2-1-3-9-16/h1-13,20H,14H2. The van der Waals surface area contributed by atoms with Crippen LogP contribution in [0.4, 0.5) is 8.78 Å². The fourth-order valence-electron chi connectivity index (χ4n) is 2.86. The van der Waals surface area contributed by atoms with Crippen molar-refractivity contribution < 1.29 is 13.6 Å². The average molecular weight is 350 g/mol. The zero-order valence-electron chi connectivity index (χ0n) is 13.8. The summed E-state index contributed by atoms with van der Waals surface area (Å²) in [6.07, 6.45) is -2.50. The number of rotatable bonds is 5. The predicted molar refractivity (Wildman–Crippen MR) is 96.9 cm³/mol. The summed E-state index contributed by atoms with van der Waals surface area (Å²) in [6, 6.07) is 23.7. The number of halogens is 2. The van der Waals surface area contributed by atoms with Crippen LogP contribution in [-0.2, 0) is 6.61 Å². The van der Waals surface area contributed by atoms with Gasteiger partial charge in [0.15, 0.2) is 5.82 Å². The van der Waals surface area contributed by atoms with Gasteiger partial charge in [0.2, 0.25) is 0 Å². The van der Waals surface area contributed by atoms with Crippen LogP contribution in [-0.4, -0.2) is 9.71 Å². The number of hydrogen-bond acceptors (Lipinski definition) is 2. The molecule has 4 rings (SSSR count). The monoisotopic (exact) mass is 350 g/mol. The van der Waals surface area contributed by atoms with Crippen LogP contribution in [0.5, 0.6) is 0 Å². The summed E-state index contributed by atoms with van der Waals surface area (Å²) in [6.45, 7) is 0.167. The van der Waals surface area contributed by atoms with Gasteiger partial charge in [-0.25, -0.2) is 13.8 Å². The van der Waals surface area contributed by atoms with Crippen molar-refractivity contribution in [3.05, 3.63) is 90.0 Å². The van der Waals surface area contributed by atoms with Gasteiger partial charge < -0.3 is 4.84 Å². The van der Waals surface area contributed by atoms with Gasteiger partial charge in [-0.2, -0.15) is 4.73 Å². The third-order valence-electron chi connectivity index (χ3n) is 4.11. The molecule has 4 aromatic rings. The quantitative estimate of drug-likeness (QED) is 0.490. The topological polar surface area (TPSA) is 27.1 Å². The maximum Gasteiger partial charge on any atom is 0.263 e. The van der Waals surface area contributed by atoms with Crippen molar-refractivity contribution >= 4 is 11.0 Å². The molecule has 0 N–H and O–H groups in total. The maximum atomic E-state index is 12.9. The summed E-state index contributed by atoms with van der Waals surface area (Å²) >= 11 is 0. The molecule has 0 saturated heterocycles. The fourth-order valence-corrected chi connectivity index (χ4v) is 2.86. The number of hydrogen-bond donors (Lipinski definition) is 0. The van der Waals surface area contributed by atoms with Crippen LogP contribution in [0.25, 0.3) is 22.4 Å². The lowest BCUT2D eigenvalue weighted by atomic mass is 10.1. The Labute approximate surface area is 149 Å². The van der Waals surface area contributed by atoms with E-state index in [1.54, 1.807) is 16.9 Å². The van der Waals surface area contributed by atoms with Gasteiger partial charge in [-0.1, -0.05) is 60.7 Å². The molecule has 0 atom stereocenters. The van der Waals surface area contributed by atoms with E-state index in [1.807, 2.05) is 54.6 Å². The summed E-state index contributed by atoms with van der Waals surface area (Å²) < 4.78 is 27.5. The number of para-hydroxylation sites is 2. The van der Waals surface area contributed by atoms with Crippen LogP contribution < -0.4 is 4.84 Å². The average Bonchev–Trinajstić information content (AvgIpc) is 3.06. The molecule has 0 aliphatic carbocycles. The van der Waals surface area contributed by atoms with Crippen LogP contribution in [0.3, 0.4) is 0 Å². The molecule has 5 heteroatoms. The smallest absolute Gasteiger partial charge is 0.263 e. The van der Waals surface area contributed by atoms with Gasteiger partial charge in [0.25, 0.3) is 6.43 Å². The molecule has 130 valence electrons. The summed E-state index contributed by atoms with van der Waals surface area (Å²) in [5.41, 5.74) is 3.23. The first-order chi connectivity index (χ1) is 12.7. The molecule has 0 saturated carbocycles. The minimum absolute atomic E-state index is 0.00938. The molecule has 1 aromatic heterocycles. The van der Waals surface area contributed by atoms with Crippen molar-refractivity contribution in [1.29, 1.82) is 0 Å². The van der Waals surface area contributed by atoms with Crippen molar-refractivity contribution in [2.45, 2.75) is 13.0 Å². The summed E-state index contributed by atoms with van der Waals surface area (Å²) in [7, 11) is 0. The van der Waals surface area contributed by atoms with Crippen molar-refractivity contribution in [2.75, 3.05) is 0 Å². The number of imidazole rings is 1. The minimum atomic E-state index is -2.50. The highest BCUT2D eigenvalue weighted by Gasteiger charge is 2.14. The van der Waals surface area contributed by atoms with Gasteiger partial charge in [0.1, 0.15) is 12.1 Å². The lowest BCUT2D eigenvalue weighted by Crippen LogP contribution is -2.12. The van der Waals surface area contributed by atoms with Gasteiger partial charge in [-0.15, -0.1) is 0 Å². The molecule has 3 aromatic carbocycles. The van der Waals surface area contributed by atoms with E-state index in [4.69, 9.17) is 4.84 Å². The molecule has 3 nitrogen and oxygen atoms in total. The largest absolute Gasteiger partial charge is 0.407 e. The summed E-state index contributed by atoms with van der Waals surface area (Å²) in [5, 5.41) is 0. The first-order valence-electron chi connectivity index (χ1n) is 8.25. The molecule has 0 bridgehead atoms. The van der Waals surface area contributed by atoms with E-state index < -0.39 is 6.43 Å². The lowest BCUT2D eigenvalue weighted by molar-refractivity contribution is 0.109.